The second kappa shape index (κ2) is 8.52. The third kappa shape index (κ3) is 4.97. The van der Waals surface area contributed by atoms with Gasteiger partial charge in [0.25, 0.3) is 0 Å². The molecular formula is C15H29NO2. The highest BCUT2D eigenvalue weighted by atomic mass is 16.3. The molecule has 18 heavy (non-hydrogen) atoms. The Morgan fingerprint density at radius 2 is 1.94 bits per heavy atom. The summed E-state index contributed by atoms with van der Waals surface area (Å²) in [5.74, 6) is 0.837. The fourth-order valence-corrected chi connectivity index (χ4v) is 2.99. The Balaban J connectivity index is 2.47. The molecule has 0 heterocycles. The van der Waals surface area contributed by atoms with Crippen LogP contribution in [-0.2, 0) is 4.79 Å². The first kappa shape index (κ1) is 15.5. The van der Waals surface area contributed by atoms with Crippen molar-refractivity contribution in [1.29, 1.82) is 0 Å². The SMILES string of the molecule is CCCC(C)C(=O)NC(CCO)C1CCCCC1. The van der Waals surface area contributed by atoms with Crippen molar-refractivity contribution in [3.8, 4) is 0 Å². The number of amides is 1. The zero-order chi connectivity index (χ0) is 13.4. The summed E-state index contributed by atoms with van der Waals surface area (Å²) >= 11 is 0. The number of carbonyl (C=O) groups is 1. The van der Waals surface area contributed by atoms with Crippen molar-refractivity contribution in [2.45, 2.75) is 71.3 Å². The fourth-order valence-electron chi connectivity index (χ4n) is 2.99. The maximum atomic E-state index is 12.1. The van der Waals surface area contributed by atoms with Gasteiger partial charge < -0.3 is 10.4 Å². The van der Waals surface area contributed by atoms with Gasteiger partial charge in [-0.05, 0) is 31.6 Å². The van der Waals surface area contributed by atoms with Gasteiger partial charge in [0.15, 0.2) is 0 Å². The van der Waals surface area contributed by atoms with Crippen LogP contribution in [0, 0.1) is 11.8 Å². The van der Waals surface area contributed by atoms with Crippen molar-refractivity contribution in [2.24, 2.45) is 11.8 Å². The smallest absolute Gasteiger partial charge is 0.223 e. The van der Waals surface area contributed by atoms with E-state index in [9.17, 15) is 9.90 Å². The number of hydrogen-bond acceptors (Lipinski definition) is 2. The van der Waals surface area contributed by atoms with Gasteiger partial charge in [-0.15, -0.1) is 0 Å². The summed E-state index contributed by atoms with van der Waals surface area (Å²) in [4.78, 5) is 12.1. The predicted octanol–water partition coefficient (Wildman–Crippen LogP) is 2.87. The molecule has 1 amide bonds. The number of aliphatic hydroxyl groups is 1. The first-order chi connectivity index (χ1) is 8.69. The molecular weight excluding hydrogens is 226 g/mol. The van der Waals surface area contributed by atoms with E-state index in [1.54, 1.807) is 0 Å². The molecule has 2 N–H and O–H groups in total. The highest BCUT2D eigenvalue weighted by molar-refractivity contribution is 5.78. The van der Waals surface area contributed by atoms with Crippen LogP contribution in [0.4, 0.5) is 0 Å². The number of hydrogen-bond donors (Lipinski definition) is 2. The average Bonchev–Trinajstić information content (AvgIpc) is 2.39. The van der Waals surface area contributed by atoms with Crippen molar-refractivity contribution in [1.82, 2.24) is 5.32 Å². The molecule has 3 heteroatoms. The van der Waals surface area contributed by atoms with Crippen LogP contribution in [0.2, 0.25) is 0 Å². The van der Waals surface area contributed by atoms with Gasteiger partial charge in [0.05, 0.1) is 0 Å². The van der Waals surface area contributed by atoms with Gasteiger partial charge in [0, 0.05) is 18.6 Å². The number of nitrogens with one attached hydrogen (secondary N) is 1. The van der Waals surface area contributed by atoms with Crippen LogP contribution in [0.1, 0.15) is 65.2 Å². The van der Waals surface area contributed by atoms with E-state index in [4.69, 9.17) is 0 Å². The molecule has 1 saturated carbocycles. The monoisotopic (exact) mass is 255 g/mol. The molecule has 1 aliphatic rings. The molecule has 0 aliphatic heterocycles. The highest BCUT2D eigenvalue weighted by Gasteiger charge is 2.25. The first-order valence-corrected chi connectivity index (χ1v) is 7.60. The van der Waals surface area contributed by atoms with Gasteiger partial charge in [-0.1, -0.05) is 39.5 Å². The standard InChI is InChI=1S/C15H29NO2/c1-3-7-12(2)15(18)16-14(10-11-17)13-8-5-4-6-9-13/h12-14,17H,3-11H2,1-2H3,(H,16,18). The molecule has 0 aromatic rings. The number of rotatable bonds is 7. The van der Waals surface area contributed by atoms with Crippen molar-refractivity contribution < 1.29 is 9.90 Å². The molecule has 3 nitrogen and oxygen atoms in total. The number of aliphatic hydroxyl groups excluding tert-OH is 1. The quantitative estimate of drug-likeness (QED) is 0.735. The Labute approximate surface area is 111 Å². The second-order valence-electron chi connectivity index (χ2n) is 5.72. The molecule has 1 rings (SSSR count). The Morgan fingerprint density at radius 3 is 2.50 bits per heavy atom. The lowest BCUT2D eigenvalue weighted by atomic mass is 9.82. The van der Waals surface area contributed by atoms with E-state index in [0.717, 1.165) is 12.8 Å². The van der Waals surface area contributed by atoms with E-state index in [-0.39, 0.29) is 24.5 Å². The highest BCUT2D eigenvalue weighted by Crippen LogP contribution is 2.28. The third-order valence-corrected chi connectivity index (χ3v) is 4.16. The zero-order valence-corrected chi connectivity index (χ0v) is 12.0. The topological polar surface area (TPSA) is 49.3 Å². The lowest BCUT2D eigenvalue weighted by Crippen LogP contribution is -2.43. The van der Waals surface area contributed by atoms with Crippen LogP contribution in [0.3, 0.4) is 0 Å². The van der Waals surface area contributed by atoms with Crippen LogP contribution in [-0.4, -0.2) is 23.7 Å². The minimum absolute atomic E-state index is 0.0970. The molecule has 0 radical (unpaired) electrons. The maximum Gasteiger partial charge on any atom is 0.223 e. The van der Waals surface area contributed by atoms with E-state index in [2.05, 4.69) is 12.2 Å². The number of carbonyl (C=O) groups excluding carboxylic acids is 1. The molecule has 0 aromatic heterocycles. The van der Waals surface area contributed by atoms with Gasteiger partial charge in [0.1, 0.15) is 0 Å². The Morgan fingerprint density at radius 1 is 1.28 bits per heavy atom. The van der Waals surface area contributed by atoms with Gasteiger partial charge in [0.2, 0.25) is 5.91 Å². The third-order valence-electron chi connectivity index (χ3n) is 4.16. The summed E-state index contributed by atoms with van der Waals surface area (Å²) in [5.41, 5.74) is 0. The van der Waals surface area contributed by atoms with Crippen LogP contribution in [0.25, 0.3) is 0 Å². The summed E-state index contributed by atoms with van der Waals surface area (Å²) in [6, 6.07) is 0.183. The molecule has 0 bridgehead atoms. The van der Waals surface area contributed by atoms with Crippen LogP contribution in [0.15, 0.2) is 0 Å². The van der Waals surface area contributed by atoms with E-state index in [0.29, 0.717) is 12.3 Å². The minimum atomic E-state index is 0.0970. The normalized spacial score (nSPS) is 20.4. The zero-order valence-electron chi connectivity index (χ0n) is 12.0. The molecule has 2 unspecified atom stereocenters. The van der Waals surface area contributed by atoms with Crippen LogP contribution in [0.5, 0.6) is 0 Å². The molecule has 0 saturated heterocycles. The fraction of sp³-hybridized carbons (Fsp3) is 0.933. The lowest BCUT2D eigenvalue weighted by molar-refractivity contribution is -0.126. The molecule has 0 aromatic carbocycles. The average molecular weight is 255 g/mol. The van der Waals surface area contributed by atoms with Gasteiger partial charge in [-0.3, -0.25) is 4.79 Å². The molecule has 2 atom stereocenters. The van der Waals surface area contributed by atoms with E-state index >= 15 is 0 Å². The van der Waals surface area contributed by atoms with Crippen molar-refractivity contribution in [3.05, 3.63) is 0 Å². The van der Waals surface area contributed by atoms with Crippen molar-refractivity contribution in [3.63, 3.8) is 0 Å². The van der Waals surface area contributed by atoms with E-state index in [1.807, 2.05) is 6.92 Å². The van der Waals surface area contributed by atoms with Crippen molar-refractivity contribution in [2.75, 3.05) is 6.61 Å². The Bertz CT molecular complexity index is 237. The Hall–Kier alpha value is -0.570. The van der Waals surface area contributed by atoms with Crippen LogP contribution >= 0.6 is 0 Å². The van der Waals surface area contributed by atoms with E-state index < -0.39 is 0 Å². The molecule has 1 aliphatic carbocycles. The van der Waals surface area contributed by atoms with Gasteiger partial charge in [-0.25, -0.2) is 0 Å². The molecule has 1 fully saturated rings. The maximum absolute atomic E-state index is 12.1. The molecule has 0 spiro atoms. The van der Waals surface area contributed by atoms with E-state index in [1.165, 1.54) is 32.1 Å². The predicted molar refractivity (Wildman–Crippen MR) is 74.3 cm³/mol. The van der Waals surface area contributed by atoms with Gasteiger partial charge >= 0.3 is 0 Å². The summed E-state index contributed by atoms with van der Waals surface area (Å²) < 4.78 is 0. The largest absolute Gasteiger partial charge is 0.396 e. The van der Waals surface area contributed by atoms with Crippen molar-refractivity contribution >= 4 is 5.91 Å². The first-order valence-electron chi connectivity index (χ1n) is 7.60. The second-order valence-corrected chi connectivity index (χ2v) is 5.72. The molecule has 106 valence electrons. The summed E-state index contributed by atoms with van der Waals surface area (Å²) in [6.45, 7) is 4.27. The summed E-state index contributed by atoms with van der Waals surface area (Å²) in [7, 11) is 0. The summed E-state index contributed by atoms with van der Waals surface area (Å²) in [6.07, 6.45) is 8.96. The Kier molecular flexibility index (Phi) is 7.33. The van der Waals surface area contributed by atoms with Crippen LogP contribution < -0.4 is 5.32 Å². The minimum Gasteiger partial charge on any atom is -0.396 e. The lowest BCUT2D eigenvalue weighted by Gasteiger charge is -2.31. The summed E-state index contributed by atoms with van der Waals surface area (Å²) in [5, 5.41) is 12.3. The van der Waals surface area contributed by atoms with Gasteiger partial charge in [-0.2, -0.15) is 0 Å².